The van der Waals surface area contributed by atoms with E-state index in [1.54, 1.807) is 0 Å². The third-order valence-electron chi connectivity index (χ3n) is 1.94. The van der Waals surface area contributed by atoms with Crippen LogP contribution < -0.4 is 0 Å². The molecule has 5 nitrogen and oxygen atoms in total. The first-order valence-electron chi connectivity index (χ1n) is 4.22. The second-order valence-corrected chi connectivity index (χ2v) is 5.36. The quantitative estimate of drug-likeness (QED) is 0.856. The molecule has 1 aromatic rings. The van der Waals surface area contributed by atoms with Gasteiger partial charge in [-0.25, -0.2) is 21.9 Å². The maximum Gasteiger partial charge on any atom is 0.335 e. The minimum Gasteiger partial charge on any atom is -0.478 e. The van der Waals surface area contributed by atoms with Gasteiger partial charge in [-0.2, -0.15) is 0 Å². The van der Waals surface area contributed by atoms with Crippen LogP contribution in [0.3, 0.4) is 0 Å². The molecule has 0 aliphatic rings. The molecule has 0 aliphatic carbocycles. The number of hydrogen-bond acceptors (Lipinski definition) is 3. The molecule has 0 fully saturated rings. The highest BCUT2D eigenvalue weighted by molar-refractivity contribution is 7.89. The lowest BCUT2D eigenvalue weighted by molar-refractivity contribution is 0.0696. The zero-order valence-electron chi connectivity index (χ0n) is 8.64. The highest BCUT2D eigenvalue weighted by Gasteiger charge is 2.22. The molecule has 0 unspecified atom stereocenters. The smallest absolute Gasteiger partial charge is 0.335 e. The molecule has 1 rings (SSSR count). The molecule has 1 aromatic carbocycles. The normalized spacial score (nSPS) is 11.8. The fourth-order valence-electron chi connectivity index (χ4n) is 1.04. The number of carbonyl (C=O) groups is 1. The van der Waals surface area contributed by atoms with Crippen molar-refractivity contribution in [1.29, 1.82) is 0 Å². The number of aromatic carboxylic acids is 1. The Morgan fingerprint density at radius 3 is 2.31 bits per heavy atom. The summed E-state index contributed by atoms with van der Waals surface area (Å²) in [5.74, 6) is -2.39. The Morgan fingerprint density at radius 1 is 1.38 bits per heavy atom. The first-order valence-corrected chi connectivity index (χ1v) is 5.66. The van der Waals surface area contributed by atoms with Crippen molar-refractivity contribution in [2.24, 2.45) is 0 Å². The van der Waals surface area contributed by atoms with Crippen LogP contribution in [0.1, 0.15) is 10.4 Å². The van der Waals surface area contributed by atoms with Gasteiger partial charge >= 0.3 is 5.97 Å². The predicted octanol–water partition coefficient (Wildman–Crippen LogP) is 0.774. The number of benzene rings is 1. The summed E-state index contributed by atoms with van der Waals surface area (Å²) in [7, 11) is -1.36. The Kier molecular flexibility index (Phi) is 3.30. The molecule has 7 heteroatoms. The van der Waals surface area contributed by atoms with Gasteiger partial charge in [-0.3, -0.25) is 0 Å². The third-order valence-corrected chi connectivity index (χ3v) is 3.79. The predicted molar refractivity (Wildman–Crippen MR) is 54.2 cm³/mol. The fraction of sp³-hybridized carbons (Fsp3) is 0.222. The lowest BCUT2D eigenvalue weighted by atomic mass is 10.2. The van der Waals surface area contributed by atoms with E-state index in [0.717, 1.165) is 16.4 Å². The van der Waals surface area contributed by atoms with Gasteiger partial charge < -0.3 is 5.11 Å². The fourth-order valence-corrected chi connectivity index (χ4v) is 1.98. The summed E-state index contributed by atoms with van der Waals surface area (Å²) in [6.45, 7) is 0. The van der Waals surface area contributed by atoms with E-state index in [0.29, 0.717) is 6.07 Å². The molecule has 0 aromatic heterocycles. The van der Waals surface area contributed by atoms with E-state index in [1.807, 2.05) is 0 Å². The van der Waals surface area contributed by atoms with E-state index in [4.69, 9.17) is 5.11 Å². The van der Waals surface area contributed by atoms with Gasteiger partial charge in [0.25, 0.3) is 0 Å². The van der Waals surface area contributed by atoms with E-state index < -0.39 is 26.7 Å². The Labute approximate surface area is 92.2 Å². The highest BCUT2D eigenvalue weighted by Crippen LogP contribution is 2.18. The molecular formula is C9H10FNO4S. The van der Waals surface area contributed by atoms with Crippen LogP contribution >= 0.6 is 0 Å². The van der Waals surface area contributed by atoms with Crippen molar-refractivity contribution in [3.63, 3.8) is 0 Å². The summed E-state index contributed by atoms with van der Waals surface area (Å²) >= 11 is 0. The number of halogens is 1. The molecule has 1 N–H and O–H groups in total. The average molecular weight is 247 g/mol. The molecule has 16 heavy (non-hydrogen) atoms. The van der Waals surface area contributed by atoms with E-state index in [2.05, 4.69) is 0 Å². The SMILES string of the molecule is CN(C)S(=O)(=O)c1ccc(C(=O)O)cc1F. The Morgan fingerprint density at radius 2 is 1.94 bits per heavy atom. The third kappa shape index (κ3) is 2.20. The maximum absolute atomic E-state index is 13.4. The van der Waals surface area contributed by atoms with Crippen molar-refractivity contribution in [2.45, 2.75) is 4.90 Å². The number of nitrogens with zero attached hydrogens (tertiary/aromatic N) is 1. The zero-order valence-corrected chi connectivity index (χ0v) is 9.45. The van der Waals surface area contributed by atoms with Gasteiger partial charge in [-0.05, 0) is 18.2 Å². The summed E-state index contributed by atoms with van der Waals surface area (Å²) in [4.78, 5) is 9.98. The van der Waals surface area contributed by atoms with Gasteiger partial charge in [-0.1, -0.05) is 0 Å². The number of carboxylic acid groups (broad SMARTS) is 1. The van der Waals surface area contributed by atoms with Crippen LogP contribution in [0.4, 0.5) is 4.39 Å². The Balaban J connectivity index is 3.35. The topological polar surface area (TPSA) is 74.7 Å². The van der Waals surface area contributed by atoms with Crippen molar-refractivity contribution < 1.29 is 22.7 Å². The molecule has 0 saturated carbocycles. The van der Waals surface area contributed by atoms with Crippen LogP contribution in [-0.2, 0) is 10.0 Å². The maximum atomic E-state index is 13.4. The van der Waals surface area contributed by atoms with E-state index in [1.165, 1.54) is 14.1 Å². The lowest BCUT2D eigenvalue weighted by Crippen LogP contribution is -2.23. The molecule has 0 saturated heterocycles. The second kappa shape index (κ2) is 4.18. The van der Waals surface area contributed by atoms with Gasteiger partial charge in [0.15, 0.2) is 0 Å². The van der Waals surface area contributed by atoms with Gasteiger partial charge in [0.1, 0.15) is 10.7 Å². The number of carboxylic acids is 1. The summed E-state index contributed by atoms with van der Waals surface area (Å²) < 4.78 is 37.4. The first kappa shape index (κ1) is 12.6. The Hall–Kier alpha value is -1.47. The number of hydrogen-bond donors (Lipinski definition) is 1. The zero-order chi connectivity index (χ0) is 12.5. The van der Waals surface area contributed by atoms with Crippen molar-refractivity contribution in [2.75, 3.05) is 14.1 Å². The summed E-state index contributed by atoms with van der Waals surface area (Å²) in [6, 6.07) is 2.66. The number of rotatable bonds is 3. The molecule has 0 atom stereocenters. The van der Waals surface area contributed by atoms with Crippen molar-refractivity contribution in [3.05, 3.63) is 29.6 Å². The second-order valence-electron chi connectivity index (χ2n) is 3.24. The van der Waals surface area contributed by atoms with Gasteiger partial charge in [-0.15, -0.1) is 0 Å². The van der Waals surface area contributed by atoms with Crippen LogP contribution in [0.25, 0.3) is 0 Å². The molecule has 0 amide bonds. The van der Waals surface area contributed by atoms with Crippen molar-refractivity contribution in [1.82, 2.24) is 4.31 Å². The summed E-state index contributed by atoms with van der Waals surface area (Å²) in [6.07, 6.45) is 0. The standard InChI is InChI=1S/C9H10FNO4S/c1-11(2)16(14,15)8-4-3-6(9(12)13)5-7(8)10/h3-5H,1-2H3,(H,12,13). The molecule has 0 radical (unpaired) electrons. The van der Waals surface area contributed by atoms with Gasteiger partial charge in [0, 0.05) is 14.1 Å². The summed E-state index contributed by atoms with van der Waals surface area (Å²) in [5, 5.41) is 8.59. The Bertz CT molecular complexity index is 524. The monoisotopic (exact) mass is 247 g/mol. The van der Waals surface area contributed by atoms with Crippen molar-refractivity contribution >= 4 is 16.0 Å². The van der Waals surface area contributed by atoms with E-state index in [-0.39, 0.29) is 5.56 Å². The summed E-state index contributed by atoms with van der Waals surface area (Å²) in [5.41, 5.74) is -0.296. The molecule has 0 spiro atoms. The van der Waals surface area contributed by atoms with Gasteiger partial charge in [0.05, 0.1) is 5.56 Å². The molecular weight excluding hydrogens is 237 g/mol. The number of sulfonamides is 1. The van der Waals surface area contributed by atoms with Crippen LogP contribution in [0, 0.1) is 5.82 Å². The molecule has 0 heterocycles. The van der Waals surface area contributed by atoms with Crippen LogP contribution in [0.2, 0.25) is 0 Å². The van der Waals surface area contributed by atoms with Crippen LogP contribution in [0.15, 0.2) is 23.1 Å². The van der Waals surface area contributed by atoms with E-state index in [9.17, 15) is 17.6 Å². The van der Waals surface area contributed by atoms with Crippen LogP contribution in [0.5, 0.6) is 0 Å². The molecule has 0 aliphatic heterocycles. The van der Waals surface area contributed by atoms with Crippen molar-refractivity contribution in [3.8, 4) is 0 Å². The first-order chi connectivity index (χ1) is 7.26. The van der Waals surface area contributed by atoms with E-state index >= 15 is 0 Å². The molecule has 0 bridgehead atoms. The lowest BCUT2D eigenvalue weighted by Gasteiger charge is -2.11. The highest BCUT2D eigenvalue weighted by atomic mass is 32.2. The minimum atomic E-state index is -3.88. The molecule has 88 valence electrons. The average Bonchev–Trinajstić information content (AvgIpc) is 2.16. The minimum absolute atomic E-state index is 0.296. The van der Waals surface area contributed by atoms with Gasteiger partial charge in [0.2, 0.25) is 10.0 Å². The largest absolute Gasteiger partial charge is 0.478 e. The van der Waals surface area contributed by atoms with Crippen LogP contribution in [-0.4, -0.2) is 37.9 Å².